The Hall–Kier alpha value is -1.53. The summed E-state index contributed by atoms with van der Waals surface area (Å²) in [6.07, 6.45) is -0.958. The zero-order valence-electron chi connectivity index (χ0n) is 11.7. The molecule has 0 atom stereocenters. The minimum atomic E-state index is -4.46. The van der Waals surface area contributed by atoms with Crippen LogP contribution in [0.5, 0.6) is 0 Å². The Balaban J connectivity index is 2.27. The number of hydrogen-bond donors (Lipinski definition) is 1. The van der Waals surface area contributed by atoms with E-state index in [9.17, 15) is 13.2 Å². The third-order valence-electron chi connectivity index (χ3n) is 3.64. The summed E-state index contributed by atoms with van der Waals surface area (Å²) >= 11 is 0. The van der Waals surface area contributed by atoms with Gasteiger partial charge in [-0.1, -0.05) is 6.42 Å². The van der Waals surface area contributed by atoms with Crippen molar-refractivity contribution in [3.63, 3.8) is 0 Å². The maximum absolute atomic E-state index is 12.9. The van der Waals surface area contributed by atoms with Crippen molar-refractivity contribution in [2.75, 3.05) is 30.4 Å². The van der Waals surface area contributed by atoms with Crippen LogP contribution in [0.2, 0.25) is 0 Å². The van der Waals surface area contributed by atoms with Crippen LogP contribution >= 0.6 is 0 Å². The molecule has 1 aliphatic carbocycles. The molecule has 112 valence electrons. The molecule has 0 bridgehead atoms. The summed E-state index contributed by atoms with van der Waals surface area (Å²) in [5.41, 5.74) is -0.904. The number of hydrogen-bond acceptors (Lipinski definition) is 4. The summed E-state index contributed by atoms with van der Waals surface area (Å²) in [5, 5.41) is 2.59. The Morgan fingerprint density at radius 2 is 2.05 bits per heavy atom. The predicted molar refractivity (Wildman–Crippen MR) is 71.8 cm³/mol. The standard InChI is InChI=1S/C13H19F3N4/c1-3-20(8-9-5-4-6-9)11-7-10(13(14,15)16)18-12(17-2)19-11/h7,9H,3-6,8H2,1-2H3,(H,17,18,19). The molecule has 0 aromatic carbocycles. The molecular weight excluding hydrogens is 269 g/mol. The number of nitrogens with zero attached hydrogens (tertiary/aromatic N) is 3. The molecule has 0 radical (unpaired) electrons. The molecule has 0 amide bonds. The molecule has 1 heterocycles. The Morgan fingerprint density at radius 3 is 2.50 bits per heavy atom. The van der Waals surface area contributed by atoms with Gasteiger partial charge in [0.05, 0.1) is 0 Å². The van der Waals surface area contributed by atoms with E-state index >= 15 is 0 Å². The maximum atomic E-state index is 12.9. The highest BCUT2D eigenvalue weighted by molar-refractivity contribution is 5.45. The van der Waals surface area contributed by atoms with Gasteiger partial charge in [0.1, 0.15) is 5.82 Å². The summed E-state index contributed by atoms with van der Waals surface area (Å²) in [6, 6.07) is 1.03. The number of aromatic nitrogens is 2. The summed E-state index contributed by atoms with van der Waals surface area (Å²) in [4.78, 5) is 9.52. The van der Waals surface area contributed by atoms with E-state index in [1.807, 2.05) is 11.8 Å². The second-order valence-corrected chi connectivity index (χ2v) is 5.02. The van der Waals surface area contributed by atoms with Crippen LogP contribution in [0.4, 0.5) is 24.9 Å². The first-order valence-electron chi connectivity index (χ1n) is 6.83. The van der Waals surface area contributed by atoms with Crippen LogP contribution in [0.25, 0.3) is 0 Å². The van der Waals surface area contributed by atoms with Gasteiger partial charge >= 0.3 is 6.18 Å². The van der Waals surface area contributed by atoms with Crippen molar-refractivity contribution in [3.8, 4) is 0 Å². The average molecular weight is 288 g/mol. The van der Waals surface area contributed by atoms with Crippen LogP contribution in [0.1, 0.15) is 31.9 Å². The first-order valence-corrected chi connectivity index (χ1v) is 6.83. The molecule has 20 heavy (non-hydrogen) atoms. The zero-order valence-corrected chi connectivity index (χ0v) is 11.7. The van der Waals surface area contributed by atoms with Gasteiger partial charge in [-0.05, 0) is 25.7 Å². The fourth-order valence-electron chi connectivity index (χ4n) is 2.23. The van der Waals surface area contributed by atoms with E-state index in [0.717, 1.165) is 25.5 Å². The predicted octanol–water partition coefficient (Wildman–Crippen LogP) is 3.16. The van der Waals surface area contributed by atoms with Gasteiger partial charge in [0.15, 0.2) is 5.69 Å². The van der Waals surface area contributed by atoms with Crippen LogP contribution in [-0.2, 0) is 6.18 Å². The molecule has 4 nitrogen and oxygen atoms in total. The maximum Gasteiger partial charge on any atom is 0.433 e. The quantitative estimate of drug-likeness (QED) is 0.903. The SMILES string of the molecule is CCN(CC1CCC1)c1cc(C(F)(F)F)nc(NC)n1. The lowest BCUT2D eigenvalue weighted by Gasteiger charge is -2.32. The van der Waals surface area contributed by atoms with Gasteiger partial charge in [0.2, 0.25) is 5.95 Å². The van der Waals surface area contributed by atoms with Crippen molar-refractivity contribution in [1.29, 1.82) is 0 Å². The van der Waals surface area contributed by atoms with Gasteiger partial charge in [0.25, 0.3) is 0 Å². The number of nitrogens with one attached hydrogen (secondary N) is 1. The van der Waals surface area contributed by atoms with Crippen molar-refractivity contribution in [3.05, 3.63) is 11.8 Å². The highest BCUT2D eigenvalue weighted by Gasteiger charge is 2.34. The van der Waals surface area contributed by atoms with Crippen LogP contribution < -0.4 is 10.2 Å². The largest absolute Gasteiger partial charge is 0.433 e. The van der Waals surface area contributed by atoms with Crippen molar-refractivity contribution >= 4 is 11.8 Å². The number of alkyl halides is 3. The summed E-state index contributed by atoms with van der Waals surface area (Å²) in [5.74, 6) is 0.908. The molecule has 1 saturated carbocycles. The van der Waals surface area contributed by atoms with Gasteiger partial charge in [-0.2, -0.15) is 18.2 Å². The number of anilines is 2. The van der Waals surface area contributed by atoms with Gasteiger partial charge < -0.3 is 10.2 Å². The average Bonchev–Trinajstić information content (AvgIpc) is 2.36. The van der Waals surface area contributed by atoms with Gasteiger partial charge in [-0.3, -0.25) is 0 Å². The third-order valence-corrected chi connectivity index (χ3v) is 3.64. The van der Waals surface area contributed by atoms with E-state index in [-0.39, 0.29) is 5.95 Å². The highest BCUT2D eigenvalue weighted by atomic mass is 19.4. The van der Waals surface area contributed by atoms with Crippen LogP contribution in [0.15, 0.2) is 6.07 Å². The molecule has 2 rings (SSSR count). The van der Waals surface area contributed by atoms with Gasteiger partial charge in [0, 0.05) is 26.2 Å². The van der Waals surface area contributed by atoms with E-state index in [1.165, 1.54) is 13.5 Å². The van der Waals surface area contributed by atoms with Crippen molar-refractivity contribution < 1.29 is 13.2 Å². The van der Waals surface area contributed by atoms with Crippen molar-refractivity contribution in [2.24, 2.45) is 5.92 Å². The summed E-state index contributed by atoms with van der Waals surface area (Å²) in [6.45, 7) is 3.31. The second kappa shape index (κ2) is 5.85. The van der Waals surface area contributed by atoms with E-state index in [0.29, 0.717) is 18.3 Å². The first-order chi connectivity index (χ1) is 9.44. The van der Waals surface area contributed by atoms with Crippen LogP contribution in [0.3, 0.4) is 0 Å². The summed E-state index contributed by atoms with van der Waals surface area (Å²) < 4.78 is 38.6. The number of rotatable bonds is 5. The van der Waals surface area contributed by atoms with Crippen molar-refractivity contribution in [2.45, 2.75) is 32.4 Å². The third kappa shape index (κ3) is 3.32. The molecule has 1 aliphatic rings. The molecule has 7 heteroatoms. The molecule has 1 N–H and O–H groups in total. The molecule has 1 aromatic heterocycles. The highest BCUT2D eigenvalue weighted by Crippen LogP contribution is 2.32. The number of halogens is 3. The van der Waals surface area contributed by atoms with E-state index in [2.05, 4.69) is 15.3 Å². The lowest BCUT2D eigenvalue weighted by molar-refractivity contribution is -0.141. The fraction of sp³-hybridized carbons (Fsp3) is 0.692. The lowest BCUT2D eigenvalue weighted by atomic mass is 9.85. The van der Waals surface area contributed by atoms with E-state index in [4.69, 9.17) is 0 Å². The van der Waals surface area contributed by atoms with Gasteiger partial charge in [-0.15, -0.1) is 0 Å². The Labute approximate surface area is 116 Å². The van der Waals surface area contributed by atoms with E-state index < -0.39 is 11.9 Å². The van der Waals surface area contributed by atoms with Crippen LogP contribution in [0, 0.1) is 5.92 Å². The first kappa shape index (κ1) is 14.9. The minimum Gasteiger partial charge on any atom is -0.357 e. The monoisotopic (exact) mass is 288 g/mol. The molecule has 0 saturated heterocycles. The smallest absolute Gasteiger partial charge is 0.357 e. The normalized spacial score (nSPS) is 15.8. The topological polar surface area (TPSA) is 41.1 Å². The molecule has 1 aromatic rings. The van der Waals surface area contributed by atoms with Gasteiger partial charge in [-0.25, -0.2) is 4.98 Å². The minimum absolute atomic E-state index is 0.00174. The van der Waals surface area contributed by atoms with Crippen LogP contribution in [-0.4, -0.2) is 30.1 Å². The second-order valence-electron chi connectivity index (χ2n) is 5.02. The molecule has 1 fully saturated rings. The lowest BCUT2D eigenvalue weighted by Crippen LogP contribution is -2.33. The Kier molecular flexibility index (Phi) is 4.35. The zero-order chi connectivity index (χ0) is 14.8. The Morgan fingerprint density at radius 1 is 1.35 bits per heavy atom. The molecule has 0 spiro atoms. The molecule has 0 aliphatic heterocycles. The Bertz CT molecular complexity index is 457. The molecule has 0 unspecified atom stereocenters. The fourth-order valence-corrected chi connectivity index (χ4v) is 2.23. The summed E-state index contributed by atoms with van der Waals surface area (Å²) in [7, 11) is 1.52. The van der Waals surface area contributed by atoms with E-state index in [1.54, 1.807) is 0 Å². The van der Waals surface area contributed by atoms with Crippen molar-refractivity contribution in [1.82, 2.24) is 9.97 Å². The molecular formula is C13H19F3N4.